The topological polar surface area (TPSA) is 41.1 Å². The third-order valence-corrected chi connectivity index (χ3v) is 3.60. The molecule has 100 valence electrons. The maximum absolute atomic E-state index is 11.6. The van der Waals surface area contributed by atoms with Crippen molar-refractivity contribution in [1.29, 1.82) is 0 Å². The fraction of sp³-hybridized carbons (Fsp3) is 0.929. The molecule has 0 aromatic carbocycles. The maximum atomic E-state index is 11.6. The molecule has 0 radical (unpaired) electrons. The molecule has 1 amide bonds. The number of rotatable bonds is 9. The zero-order valence-corrected chi connectivity index (χ0v) is 11.6. The van der Waals surface area contributed by atoms with Gasteiger partial charge in [0, 0.05) is 24.9 Å². The van der Waals surface area contributed by atoms with Gasteiger partial charge in [-0.1, -0.05) is 26.7 Å². The van der Waals surface area contributed by atoms with Crippen molar-refractivity contribution in [3.63, 3.8) is 0 Å². The van der Waals surface area contributed by atoms with Crippen LogP contribution in [0.2, 0.25) is 0 Å². The summed E-state index contributed by atoms with van der Waals surface area (Å²) in [6.45, 7) is 6.35. The van der Waals surface area contributed by atoms with E-state index in [1.165, 1.54) is 25.7 Å². The molecule has 3 nitrogen and oxygen atoms in total. The minimum absolute atomic E-state index is 0.233. The van der Waals surface area contributed by atoms with Gasteiger partial charge < -0.3 is 10.6 Å². The molecule has 1 fully saturated rings. The summed E-state index contributed by atoms with van der Waals surface area (Å²) in [5, 5.41) is 6.29. The Hall–Kier alpha value is -0.570. The second-order valence-corrected chi connectivity index (χ2v) is 5.95. The summed E-state index contributed by atoms with van der Waals surface area (Å²) in [5.74, 6) is 0.986. The SMILES string of the molecule is CNCC1(CNC(=O)CCCCC(C)C)CC1. The lowest BCUT2D eigenvalue weighted by molar-refractivity contribution is -0.121. The van der Waals surface area contributed by atoms with Gasteiger partial charge in [0.15, 0.2) is 0 Å². The van der Waals surface area contributed by atoms with Crippen LogP contribution < -0.4 is 10.6 Å². The second kappa shape index (κ2) is 7.00. The number of carbonyl (C=O) groups is 1. The van der Waals surface area contributed by atoms with Crippen molar-refractivity contribution in [2.75, 3.05) is 20.1 Å². The zero-order valence-electron chi connectivity index (χ0n) is 11.6. The van der Waals surface area contributed by atoms with Crippen LogP contribution in [0, 0.1) is 11.3 Å². The van der Waals surface area contributed by atoms with Crippen molar-refractivity contribution in [1.82, 2.24) is 10.6 Å². The zero-order chi connectivity index (χ0) is 12.7. The fourth-order valence-corrected chi connectivity index (χ4v) is 2.18. The van der Waals surface area contributed by atoms with Gasteiger partial charge in [0.25, 0.3) is 0 Å². The van der Waals surface area contributed by atoms with Crippen LogP contribution in [0.1, 0.15) is 52.4 Å². The Balaban J connectivity index is 2.02. The molecular weight excluding hydrogens is 212 g/mol. The molecule has 1 saturated carbocycles. The molecule has 3 heteroatoms. The van der Waals surface area contributed by atoms with Crippen LogP contribution in [0.15, 0.2) is 0 Å². The van der Waals surface area contributed by atoms with Crippen LogP contribution >= 0.6 is 0 Å². The van der Waals surface area contributed by atoms with E-state index in [0.29, 0.717) is 11.8 Å². The van der Waals surface area contributed by atoms with Crippen LogP contribution in [0.25, 0.3) is 0 Å². The monoisotopic (exact) mass is 240 g/mol. The summed E-state index contributed by atoms with van der Waals surface area (Å²) in [5.41, 5.74) is 0.377. The van der Waals surface area contributed by atoms with Gasteiger partial charge in [0.2, 0.25) is 5.91 Å². The molecule has 0 aromatic rings. The van der Waals surface area contributed by atoms with E-state index in [-0.39, 0.29) is 5.91 Å². The molecule has 0 saturated heterocycles. The van der Waals surface area contributed by atoms with Gasteiger partial charge in [-0.2, -0.15) is 0 Å². The van der Waals surface area contributed by atoms with Crippen molar-refractivity contribution in [2.45, 2.75) is 52.4 Å². The van der Waals surface area contributed by atoms with Gasteiger partial charge in [-0.3, -0.25) is 4.79 Å². The highest BCUT2D eigenvalue weighted by atomic mass is 16.1. The molecule has 0 spiro atoms. The Labute approximate surface area is 106 Å². The minimum Gasteiger partial charge on any atom is -0.355 e. The van der Waals surface area contributed by atoms with E-state index in [9.17, 15) is 4.79 Å². The van der Waals surface area contributed by atoms with Gasteiger partial charge in [0.05, 0.1) is 0 Å². The summed E-state index contributed by atoms with van der Waals surface area (Å²) in [4.78, 5) is 11.6. The van der Waals surface area contributed by atoms with Crippen molar-refractivity contribution in [2.24, 2.45) is 11.3 Å². The van der Waals surface area contributed by atoms with Crippen LogP contribution in [0.5, 0.6) is 0 Å². The summed E-state index contributed by atoms with van der Waals surface area (Å²) < 4.78 is 0. The Morgan fingerprint density at radius 1 is 1.24 bits per heavy atom. The summed E-state index contributed by atoms with van der Waals surface area (Å²) in [6.07, 6.45) is 6.64. The molecule has 0 aromatic heterocycles. The van der Waals surface area contributed by atoms with E-state index in [2.05, 4.69) is 24.5 Å². The van der Waals surface area contributed by atoms with Gasteiger partial charge >= 0.3 is 0 Å². The second-order valence-electron chi connectivity index (χ2n) is 5.95. The number of amides is 1. The molecule has 0 heterocycles. The van der Waals surface area contributed by atoms with Crippen molar-refractivity contribution < 1.29 is 4.79 Å². The number of nitrogens with one attached hydrogen (secondary N) is 2. The first kappa shape index (κ1) is 14.5. The lowest BCUT2D eigenvalue weighted by Crippen LogP contribution is -2.34. The Morgan fingerprint density at radius 2 is 1.94 bits per heavy atom. The van der Waals surface area contributed by atoms with E-state index in [1.807, 2.05) is 7.05 Å². The summed E-state index contributed by atoms with van der Waals surface area (Å²) in [7, 11) is 1.98. The molecule has 0 bridgehead atoms. The molecular formula is C14H28N2O. The highest BCUT2D eigenvalue weighted by Crippen LogP contribution is 2.44. The molecule has 2 N–H and O–H groups in total. The first-order valence-corrected chi connectivity index (χ1v) is 6.99. The molecule has 1 rings (SSSR count). The van der Waals surface area contributed by atoms with Crippen LogP contribution in [-0.2, 0) is 4.79 Å². The molecule has 0 unspecified atom stereocenters. The largest absolute Gasteiger partial charge is 0.355 e. The first-order chi connectivity index (χ1) is 8.08. The maximum Gasteiger partial charge on any atom is 0.220 e. The highest BCUT2D eigenvalue weighted by Gasteiger charge is 2.41. The Morgan fingerprint density at radius 3 is 2.47 bits per heavy atom. The van der Waals surface area contributed by atoms with Crippen molar-refractivity contribution in [3.8, 4) is 0 Å². The van der Waals surface area contributed by atoms with E-state index >= 15 is 0 Å². The van der Waals surface area contributed by atoms with E-state index in [4.69, 9.17) is 0 Å². The lowest BCUT2D eigenvalue weighted by atomic mass is 10.0. The summed E-state index contributed by atoms with van der Waals surface area (Å²) >= 11 is 0. The Kier molecular flexibility index (Phi) is 5.96. The smallest absolute Gasteiger partial charge is 0.220 e. The predicted molar refractivity (Wildman–Crippen MR) is 71.9 cm³/mol. The normalized spacial score (nSPS) is 17.2. The average Bonchev–Trinajstić information content (AvgIpc) is 3.03. The van der Waals surface area contributed by atoms with Crippen molar-refractivity contribution >= 4 is 5.91 Å². The number of hydrogen-bond acceptors (Lipinski definition) is 2. The molecule has 0 aliphatic heterocycles. The van der Waals surface area contributed by atoms with Crippen LogP contribution in [0.3, 0.4) is 0 Å². The van der Waals surface area contributed by atoms with E-state index in [1.54, 1.807) is 0 Å². The summed E-state index contributed by atoms with van der Waals surface area (Å²) in [6, 6.07) is 0. The molecule has 0 atom stereocenters. The van der Waals surface area contributed by atoms with Crippen LogP contribution in [0.4, 0.5) is 0 Å². The van der Waals surface area contributed by atoms with Gasteiger partial charge in [-0.25, -0.2) is 0 Å². The third-order valence-electron chi connectivity index (χ3n) is 3.60. The minimum atomic E-state index is 0.233. The van der Waals surface area contributed by atoms with E-state index < -0.39 is 0 Å². The molecule has 17 heavy (non-hydrogen) atoms. The fourth-order valence-electron chi connectivity index (χ4n) is 2.18. The Bertz CT molecular complexity index is 234. The predicted octanol–water partition coefficient (Wildman–Crippen LogP) is 2.32. The third kappa shape index (κ3) is 6.06. The number of hydrogen-bond donors (Lipinski definition) is 2. The quantitative estimate of drug-likeness (QED) is 0.607. The van der Waals surface area contributed by atoms with Crippen molar-refractivity contribution in [3.05, 3.63) is 0 Å². The number of unbranched alkanes of at least 4 members (excludes halogenated alkanes) is 1. The van der Waals surface area contributed by atoms with E-state index in [0.717, 1.165) is 25.4 Å². The standard InChI is InChI=1S/C14H28N2O/c1-12(2)6-4-5-7-13(17)16-11-14(8-9-14)10-15-3/h12,15H,4-11H2,1-3H3,(H,16,17). The average molecular weight is 240 g/mol. The van der Waals surface area contributed by atoms with Crippen LogP contribution in [-0.4, -0.2) is 26.0 Å². The lowest BCUT2D eigenvalue weighted by Gasteiger charge is -2.15. The first-order valence-electron chi connectivity index (χ1n) is 6.99. The highest BCUT2D eigenvalue weighted by molar-refractivity contribution is 5.75. The molecule has 1 aliphatic carbocycles. The number of carbonyl (C=O) groups excluding carboxylic acids is 1. The van der Waals surface area contributed by atoms with Gasteiger partial charge in [-0.15, -0.1) is 0 Å². The van der Waals surface area contributed by atoms with Gasteiger partial charge in [-0.05, 0) is 32.2 Å². The molecule has 1 aliphatic rings. The van der Waals surface area contributed by atoms with Gasteiger partial charge in [0.1, 0.15) is 0 Å².